The summed E-state index contributed by atoms with van der Waals surface area (Å²) in [6.45, 7) is 13.5. The Bertz CT molecular complexity index is 356. The lowest BCUT2D eigenvalue weighted by Crippen LogP contribution is -2.49. The van der Waals surface area contributed by atoms with Crippen molar-refractivity contribution in [2.24, 2.45) is 10.8 Å². The van der Waals surface area contributed by atoms with Gasteiger partial charge in [0.25, 0.3) is 0 Å². The van der Waals surface area contributed by atoms with Crippen molar-refractivity contribution in [1.82, 2.24) is 10.2 Å². The van der Waals surface area contributed by atoms with Gasteiger partial charge in [-0.25, -0.2) is 0 Å². The molecule has 1 fully saturated rings. The van der Waals surface area contributed by atoms with Gasteiger partial charge in [-0.3, -0.25) is 9.59 Å². The summed E-state index contributed by atoms with van der Waals surface area (Å²) < 4.78 is 0. The van der Waals surface area contributed by atoms with E-state index in [1.165, 1.54) is 0 Å². The van der Waals surface area contributed by atoms with Crippen LogP contribution in [0.2, 0.25) is 0 Å². The van der Waals surface area contributed by atoms with Crippen LogP contribution in [0.15, 0.2) is 0 Å². The molecule has 4 nitrogen and oxygen atoms in total. The normalized spacial score (nSPS) is 18.0. The number of piperidine rings is 1. The molecule has 0 radical (unpaired) electrons. The molecular weight excluding hydrogens is 252 g/mol. The molecule has 1 aliphatic heterocycles. The van der Waals surface area contributed by atoms with Crippen LogP contribution in [0.3, 0.4) is 0 Å². The average Bonchev–Trinajstić information content (AvgIpc) is 2.26. The number of likely N-dealkylation sites (tertiary alicyclic amines) is 1. The predicted molar refractivity (Wildman–Crippen MR) is 81.3 cm³/mol. The molecule has 1 N–H and O–H groups in total. The minimum absolute atomic E-state index is 0.0361. The third kappa shape index (κ3) is 5.51. The van der Waals surface area contributed by atoms with E-state index in [0.717, 1.165) is 25.9 Å². The van der Waals surface area contributed by atoms with Gasteiger partial charge in [0.15, 0.2) is 0 Å². The topological polar surface area (TPSA) is 49.4 Å². The highest BCUT2D eigenvalue weighted by Crippen LogP contribution is 2.22. The Morgan fingerprint density at radius 3 is 1.95 bits per heavy atom. The minimum atomic E-state index is -0.348. The van der Waals surface area contributed by atoms with Gasteiger partial charge in [-0.15, -0.1) is 0 Å². The second-order valence-corrected chi connectivity index (χ2v) is 8.12. The van der Waals surface area contributed by atoms with Gasteiger partial charge in [-0.1, -0.05) is 41.5 Å². The number of amides is 2. The zero-order valence-corrected chi connectivity index (χ0v) is 13.9. The number of hydrogen-bond acceptors (Lipinski definition) is 2. The molecule has 0 saturated carbocycles. The summed E-state index contributed by atoms with van der Waals surface area (Å²) >= 11 is 0. The van der Waals surface area contributed by atoms with Crippen molar-refractivity contribution < 1.29 is 9.59 Å². The Labute approximate surface area is 123 Å². The summed E-state index contributed by atoms with van der Waals surface area (Å²) in [7, 11) is 0. The Morgan fingerprint density at radius 1 is 1.05 bits per heavy atom. The molecule has 0 aromatic rings. The van der Waals surface area contributed by atoms with Gasteiger partial charge >= 0.3 is 0 Å². The van der Waals surface area contributed by atoms with Gasteiger partial charge in [0.05, 0.1) is 0 Å². The minimum Gasteiger partial charge on any atom is -0.353 e. The summed E-state index contributed by atoms with van der Waals surface area (Å²) in [4.78, 5) is 26.0. The molecule has 0 aromatic carbocycles. The Kier molecular flexibility index (Phi) is 5.22. The summed E-state index contributed by atoms with van der Waals surface area (Å²) in [5.41, 5.74) is -0.312. The predicted octanol–water partition coefficient (Wildman–Crippen LogP) is 2.58. The van der Waals surface area contributed by atoms with E-state index in [1.807, 2.05) is 25.7 Å². The van der Waals surface area contributed by atoms with Gasteiger partial charge in [-0.2, -0.15) is 0 Å². The van der Waals surface area contributed by atoms with Crippen LogP contribution in [0.4, 0.5) is 0 Å². The van der Waals surface area contributed by atoms with Crippen LogP contribution < -0.4 is 5.32 Å². The second-order valence-electron chi connectivity index (χ2n) is 8.12. The molecule has 0 spiro atoms. The number of nitrogens with one attached hydrogen (secondary N) is 1. The fraction of sp³-hybridized carbons (Fsp3) is 0.875. The van der Waals surface area contributed by atoms with Crippen LogP contribution in [-0.2, 0) is 9.59 Å². The quantitative estimate of drug-likeness (QED) is 0.846. The van der Waals surface area contributed by atoms with E-state index in [4.69, 9.17) is 0 Å². The van der Waals surface area contributed by atoms with Gasteiger partial charge in [0.2, 0.25) is 11.8 Å². The van der Waals surface area contributed by atoms with E-state index in [9.17, 15) is 9.59 Å². The van der Waals surface area contributed by atoms with Crippen LogP contribution in [-0.4, -0.2) is 35.8 Å². The van der Waals surface area contributed by atoms with Crippen LogP contribution in [0.5, 0.6) is 0 Å². The van der Waals surface area contributed by atoms with Crippen molar-refractivity contribution in [1.29, 1.82) is 0 Å². The van der Waals surface area contributed by atoms with Crippen molar-refractivity contribution in [2.45, 2.75) is 66.8 Å². The highest BCUT2D eigenvalue weighted by molar-refractivity contribution is 5.81. The van der Waals surface area contributed by atoms with Crippen molar-refractivity contribution in [3.63, 3.8) is 0 Å². The first-order valence-electron chi connectivity index (χ1n) is 7.58. The average molecular weight is 282 g/mol. The first kappa shape index (κ1) is 17.0. The number of carbonyl (C=O) groups excluding carboxylic acids is 2. The Hall–Kier alpha value is -1.06. The number of hydrogen-bond donors (Lipinski definition) is 1. The highest BCUT2D eigenvalue weighted by Gasteiger charge is 2.29. The highest BCUT2D eigenvalue weighted by atomic mass is 16.2. The fourth-order valence-electron chi connectivity index (χ4n) is 2.24. The molecule has 0 bridgehead atoms. The first-order chi connectivity index (χ1) is 8.99. The molecule has 1 heterocycles. The number of carbonyl (C=O) groups is 2. The molecule has 116 valence electrons. The lowest BCUT2D eigenvalue weighted by Gasteiger charge is -2.35. The van der Waals surface area contributed by atoms with E-state index in [2.05, 4.69) is 26.1 Å². The van der Waals surface area contributed by atoms with E-state index in [1.54, 1.807) is 0 Å². The molecule has 20 heavy (non-hydrogen) atoms. The van der Waals surface area contributed by atoms with E-state index < -0.39 is 0 Å². The van der Waals surface area contributed by atoms with Crippen LogP contribution in [0.1, 0.15) is 60.8 Å². The maximum absolute atomic E-state index is 12.1. The maximum atomic E-state index is 12.1. The standard InChI is InChI=1S/C16H30N2O2/c1-15(2,3)11-13(19)18-9-7-12(8-10-18)17-14(20)16(4,5)6/h12H,7-11H2,1-6H3,(H,17,20). The summed E-state index contributed by atoms with van der Waals surface area (Å²) in [5.74, 6) is 0.329. The zero-order chi connectivity index (χ0) is 15.6. The molecule has 0 atom stereocenters. The molecule has 1 aliphatic rings. The van der Waals surface area contributed by atoms with Gasteiger partial charge in [0, 0.05) is 31.0 Å². The summed E-state index contributed by atoms with van der Waals surface area (Å²) in [6, 6.07) is 0.209. The van der Waals surface area contributed by atoms with Crippen LogP contribution in [0.25, 0.3) is 0 Å². The zero-order valence-electron chi connectivity index (χ0n) is 13.9. The molecule has 0 aromatic heterocycles. The molecule has 1 rings (SSSR count). The molecular formula is C16H30N2O2. The van der Waals surface area contributed by atoms with E-state index >= 15 is 0 Å². The van der Waals surface area contributed by atoms with E-state index in [-0.39, 0.29) is 28.7 Å². The molecule has 4 heteroatoms. The largest absolute Gasteiger partial charge is 0.353 e. The van der Waals surface area contributed by atoms with E-state index in [0.29, 0.717) is 6.42 Å². The Morgan fingerprint density at radius 2 is 1.55 bits per heavy atom. The third-order valence-corrected chi connectivity index (χ3v) is 3.55. The summed E-state index contributed by atoms with van der Waals surface area (Å²) in [6.07, 6.45) is 2.31. The SMILES string of the molecule is CC(C)(C)CC(=O)N1CCC(NC(=O)C(C)(C)C)CC1. The number of nitrogens with zero attached hydrogens (tertiary/aromatic N) is 1. The molecule has 2 amide bonds. The Balaban J connectivity index is 2.41. The van der Waals surface area contributed by atoms with Gasteiger partial charge < -0.3 is 10.2 Å². The van der Waals surface area contributed by atoms with Crippen molar-refractivity contribution in [3.05, 3.63) is 0 Å². The monoisotopic (exact) mass is 282 g/mol. The summed E-state index contributed by atoms with van der Waals surface area (Å²) in [5, 5.41) is 3.09. The fourth-order valence-corrected chi connectivity index (χ4v) is 2.24. The van der Waals surface area contributed by atoms with Crippen molar-refractivity contribution >= 4 is 11.8 Å². The molecule has 0 unspecified atom stereocenters. The van der Waals surface area contributed by atoms with Crippen LogP contribution in [0, 0.1) is 10.8 Å². The maximum Gasteiger partial charge on any atom is 0.225 e. The molecule has 1 saturated heterocycles. The van der Waals surface area contributed by atoms with Gasteiger partial charge in [0.1, 0.15) is 0 Å². The lowest BCUT2D eigenvalue weighted by molar-refractivity contribution is -0.134. The molecule has 0 aliphatic carbocycles. The first-order valence-corrected chi connectivity index (χ1v) is 7.58. The van der Waals surface area contributed by atoms with Crippen molar-refractivity contribution in [2.75, 3.05) is 13.1 Å². The third-order valence-electron chi connectivity index (χ3n) is 3.55. The number of rotatable bonds is 2. The van der Waals surface area contributed by atoms with Crippen molar-refractivity contribution in [3.8, 4) is 0 Å². The van der Waals surface area contributed by atoms with Crippen LogP contribution >= 0.6 is 0 Å². The lowest BCUT2D eigenvalue weighted by atomic mass is 9.91. The second kappa shape index (κ2) is 6.15. The smallest absolute Gasteiger partial charge is 0.225 e. The van der Waals surface area contributed by atoms with Gasteiger partial charge in [-0.05, 0) is 18.3 Å².